The highest BCUT2D eigenvalue weighted by Gasteiger charge is 2.34. The molecule has 0 bridgehead atoms. The van der Waals surface area contributed by atoms with Gasteiger partial charge in [-0.1, -0.05) is 75.9 Å². The lowest BCUT2D eigenvalue weighted by Crippen LogP contribution is -2.55. The van der Waals surface area contributed by atoms with Gasteiger partial charge >= 0.3 is 5.97 Å². The fourth-order valence-electron chi connectivity index (χ4n) is 4.77. The van der Waals surface area contributed by atoms with E-state index in [1.807, 2.05) is 61.5 Å². The van der Waals surface area contributed by atoms with Crippen LogP contribution in [0.2, 0.25) is 0 Å². The Morgan fingerprint density at radius 2 is 1.68 bits per heavy atom. The average molecular weight is 541 g/mol. The summed E-state index contributed by atoms with van der Waals surface area (Å²) in [5.41, 5.74) is 2.88. The number of hydrogen-bond donors (Lipinski definition) is 0. The van der Waals surface area contributed by atoms with E-state index in [2.05, 4.69) is 37.3 Å². The molecule has 40 heavy (non-hydrogen) atoms. The van der Waals surface area contributed by atoms with E-state index < -0.39 is 11.9 Å². The third-order valence-electron chi connectivity index (χ3n) is 7.03. The van der Waals surface area contributed by atoms with Crippen molar-refractivity contribution in [3.05, 3.63) is 95.3 Å². The number of benzene rings is 2. The molecule has 1 unspecified atom stereocenters. The van der Waals surface area contributed by atoms with E-state index in [1.54, 1.807) is 16.7 Å². The highest BCUT2D eigenvalue weighted by atomic mass is 16.5. The average Bonchev–Trinajstić information content (AvgIpc) is 2.94. The lowest BCUT2D eigenvalue weighted by molar-refractivity contribution is 0.0407. The highest BCUT2D eigenvalue weighted by molar-refractivity contribution is 6.05. The molecule has 1 aliphatic rings. The first-order chi connectivity index (χ1) is 19.0. The van der Waals surface area contributed by atoms with Crippen molar-refractivity contribution in [1.29, 1.82) is 0 Å². The summed E-state index contributed by atoms with van der Waals surface area (Å²) in [7, 11) is 0. The van der Waals surface area contributed by atoms with Crippen molar-refractivity contribution in [3.8, 4) is 11.4 Å². The van der Waals surface area contributed by atoms with Crippen molar-refractivity contribution in [1.82, 2.24) is 19.8 Å². The molecule has 2 amide bonds. The SMILES string of the molecule is C=CCOC(=O)c1c(C)nc(-c2ccccc2)nc1C(=O)N1CCN(C(=O)c2ccc(C(C)(C)C)cc2)C(C)C1. The first-order valence-electron chi connectivity index (χ1n) is 13.4. The van der Waals surface area contributed by atoms with E-state index >= 15 is 0 Å². The van der Waals surface area contributed by atoms with Crippen molar-refractivity contribution in [2.24, 2.45) is 0 Å². The molecule has 208 valence electrons. The number of esters is 1. The van der Waals surface area contributed by atoms with Crippen LogP contribution in [0.3, 0.4) is 0 Å². The second-order valence-corrected chi connectivity index (χ2v) is 11.0. The van der Waals surface area contributed by atoms with Gasteiger partial charge in [-0.05, 0) is 37.0 Å². The summed E-state index contributed by atoms with van der Waals surface area (Å²) in [6, 6.07) is 16.8. The summed E-state index contributed by atoms with van der Waals surface area (Å²) >= 11 is 0. The molecule has 0 saturated carbocycles. The molecule has 1 aliphatic heterocycles. The molecule has 8 heteroatoms. The fraction of sp³-hybridized carbons (Fsp3) is 0.344. The van der Waals surface area contributed by atoms with Crippen molar-refractivity contribution >= 4 is 17.8 Å². The maximum absolute atomic E-state index is 13.9. The number of aryl methyl sites for hydroxylation is 1. The maximum Gasteiger partial charge on any atom is 0.342 e. The van der Waals surface area contributed by atoms with Crippen LogP contribution in [0, 0.1) is 6.92 Å². The molecule has 0 spiro atoms. The molecule has 2 aromatic carbocycles. The molecular formula is C32H36N4O4. The van der Waals surface area contributed by atoms with Crippen molar-refractivity contribution in [2.75, 3.05) is 26.2 Å². The Hall–Kier alpha value is -4.33. The van der Waals surface area contributed by atoms with Crippen LogP contribution in [0.25, 0.3) is 11.4 Å². The molecular weight excluding hydrogens is 504 g/mol. The Bertz CT molecular complexity index is 1410. The zero-order valence-electron chi connectivity index (χ0n) is 23.8. The van der Waals surface area contributed by atoms with Crippen LogP contribution in [-0.2, 0) is 10.2 Å². The van der Waals surface area contributed by atoms with Crippen LogP contribution in [0.1, 0.15) is 70.2 Å². The van der Waals surface area contributed by atoms with Gasteiger partial charge in [0.05, 0.1) is 5.69 Å². The summed E-state index contributed by atoms with van der Waals surface area (Å²) in [6.45, 7) is 14.5. The van der Waals surface area contributed by atoms with Crippen LogP contribution in [0.15, 0.2) is 67.3 Å². The van der Waals surface area contributed by atoms with E-state index in [1.165, 1.54) is 6.08 Å². The van der Waals surface area contributed by atoms with Gasteiger partial charge in [0.1, 0.15) is 17.9 Å². The Labute approximate surface area is 235 Å². The van der Waals surface area contributed by atoms with Gasteiger partial charge < -0.3 is 14.5 Å². The van der Waals surface area contributed by atoms with Crippen LogP contribution in [0.5, 0.6) is 0 Å². The van der Waals surface area contributed by atoms with Crippen LogP contribution >= 0.6 is 0 Å². The molecule has 1 aromatic heterocycles. The molecule has 0 radical (unpaired) electrons. The Kier molecular flexibility index (Phi) is 8.47. The Morgan fingerprint density at radius 3 is 2.27 bits per heavy atom. The highest BCUT2D eigenvalue weighted by Crippen LogP contribution is 2.25. The van der Waals surface area contributed by atoms with E-state index in [0.29, 0.717) is 36.7 Å². The third kappa shape index (κ3) is 6.11. The molecule has 1 atom stereocenters. The normalized spacial score (nSPS) is 15.5. The predicted octanol–water partition coefficient (Wildman–Crippen LogP) is 5.08. The number of piperazine rings is 1. The number of ether oxygens (including phenoxy) is 1. The predicted molar refractivity (Wildman–Crippen MR) is 154 cm³/mol. The molecule has 3 aromatic rings. The Balaban J connectivity index is 1.59. The molecule has 1 saturated heterocycles. The van der Waals surface area contributed by atoms with Crippen LogP contribution in [-0.4, -0.2) is 69.8 Å². The second kappa shape index (κ2) is 11.8. The van der Waals surface area contributed by atoms with Gasteiger partial charge in [0.2, 0.25) is 0 Å². The minimum Gasteiger partial charge on any atom is -0.458 e. The van der Waals surface area contributed by atoms with Gasteiger partial charge in [0.15, 0.2) is 5.82 Å². The molecule has 1 fully saturated rings. The zero-order valence-corrected chi connectivity index (χ0v) is 23.8. The van der Waals surface area contributed by atoms with Gasteiger partial charge in [0, 0.05) is 36.8 Å². The maximum atomic E-state index is 13.9. The number of rotatable bonds is 6. The van der Waals surface area contributed by atoms with Gasteiger partial charge in [-0.2, -0.15) is 0 Å². The molecule has 2 heterocycles. The van der Waals surface area contributed by atoms with Crippen molar-refractivity contribution < 1.29 is 19.1 Å². The number of aromatic nitrogens is 2. The summed E-state index contributed by atoms with van der Waals surface area (Å²) in [6.07, 6.45) is 1.46. The molecule has 0 N–H and O–H groups in total. The third-order valence-corrected chi connectivity index (χ3v) is 7.03. The number of carbonyl (C=O) groups excluding carboxylic acids is 3. The number of hydrogen-bond acceptors (Lipinski definition) is 6. The zero-order chi connectivity index (χ0) is 29.0. The van der Waals surface area contributed by atoms with E-state index in [4.69, 9.17) is 4.74 Å². The summed E-state index contributed by atoms with van der Waals surface area (Å²) in [5.74, 6) is -0.803. The van der Waals surface area contributed by atoms with Crippen molar-refractivity contribution in [2.45, 2.75) is 46.1 Å². The van der Waals surface area contributed by atoms with Crippen molar-refractivity contribution in [3.63, 3.8) is 0 Å². The first kappa shape index (κ1) is 28.7. The molecule has 4 rings (SSSR count). The summed E-state index contributed by atoms with van der Waals surface area (Å²) in [5, 5.41) is 0. The standard InChI is InChI=1S/C32H36N4O4/c1-7-19-40-31(39)26-22(3)33-28(23-11-9-8-10-12-23)34-27(26)30(38)35-17-18-36(21(2)20-35)29(37)24-13-15-25(16-14-24)32(4,5)6/h7-16,21H,1,17-20H2,2-6H3. The van der Waals surface area contributed by atoms with Crippen LogP contribution in [0.4, 0.5) is 0 Å². The number of amides is 2. The first-order valence-corrected chi connectivity index (χ1v) is 13.4. The van der Waals surface area contributed by atoms with Gasteiger partial charge in [-0.15, -0.1) is 0 Å². The number of carbonyl (C=O) groups is 3. The van der Waals surface area contributed by atoms with Gasteiger partial charge in [-0.3, -0.25) is 9.59 Å². The largest absolute Gasteiger partial charge is 0.458 e. The van der Waals surface area contributed by atoms with E-state index in [-0.39, 0.29) is 35.2 Å². The van der Waals surface area contributed by atoms with E-state index in [0.717, 1.165) is 11.1 Å². The lowest BCUT2D eigenvalue weighted by Gasteiger charge is -2.40. The van der Waals surface area contributed by atoms with E-state index in [9.17, 15) is 14.4 Å². The Morgan fingerprint density at radius 1 is 1.00 bits per heavy atom. The smallest absolute Gasteiger partial charge is 0.342 e. The second-order valence-electron chi connectivity index (χ2n) is 11.0. The van der Waals surface area contributed by atoms with Gasteiger partial charge in [-0.25, -0.2) is 14.8 Å². The topological polar surface area (TPSA) is 92.7 Å². The minimum atomic E-state index is -0.680. The summed E-state index contributed by atoms with van der Waals surface area (Å²) < 4.78 is 5.27. The summed E-state index contributed by atoms with van der Waals surface area (Å²) in [4.78, 5) is 52.6. The van der Waals surface area contributed by atoms with Gasteiger partial charge in [0.25, 0.3) is 11.8 Å². The van der Waals surface area contributed by atoms with Crippen LogP contribution < -0.4 is 0 Å². The minimum absolute atomic E-state index is 0.000885. The lowest BCUT2D eigenvalue weighted by atomic mass is 9.86. The monoisotopic (exact) mass is 540 g/mol. The number of nitrogens with zero attached hydrogens (tertiary/aromatic N) is 4. The molecule has 0 aliphatic carbocycles. The fourth-order valence-corrected chi connectivity index (χ4v) is 4.77. The quantitative estimate of drug-likeness (QED) is 0.320. The molecule has 8 nitrogen and oxygen atoms in total.